The molecule has 3 fully saturated rings. The topological polar surface area (TPSA) is 64.7 Å². The fraction of sp³-hybridized carbons (Fsp3) is 0.706. The van der Waals surface area contributed by atoms with Gasteiger partial charge in [0.05, 0.1) is 0 Å². The lowest BCUT2D eigenvalue weighted by Gasteiger charge is -2.44. The van der Waals surface area contributed by atoms with Gasteiger partial charge in [0, 0.05) is 11.5 Å². The second kappa shape index (κ2) is 4.74. The van der Waals surface area contributed by atoms with E-state index in [1.807, 2.05) is 12.1 Å². The molecule has 3 aliphatic carbocycles. The van der Waals surface area contributed by atoms with Crippen molar-refractivity contribution in [1.29, 1.82) is 10.5 Å². The summed E-state index contributed by atoms with van der Waals surface area (Å²) in [5.74, 6) is 2.55. The van der Waals surface area contributed by atoms with Gasteiger partial charge in [-0.25, -0.2) is 0 Å². The van der Waals surface area contributed by atoms with Crippen LogP contribution in [0.15, 0.2) is 11.1 Å². The highest BCUT2D eigenvalue weighted by Gasteiger charge is 2.55. The third kappa shape index (κ3) is 1.80. The third-order valence-corrected chi connectivity index (χ3v) is 5.66. The molecule has 0 heterocycles. The van der Waals surface area contributed by atoms with Crippen LogP contribution in [0.4, 0.5) is 0 Å². The second-order valence-electron chi connectivity index (χ2n) is 7.08. The van der Waals surface area contributed by atoms with E-state index in [0.717, 1.165) is 12.8 Å². The number of rotatable bonds is 0. The molecule has 6 unspecified atom stereocenters. The molecule has 0 amide bonds. The Kier molecular flexibility index (Phi) is 3.17. The highest BCUT2D eigenvalue weighted by Crippen LogP contribution is 2.57. The van der Waals surface area contributed by atoms with Gasteiger partial charge >= 0.3 is 0 Å². The first-order valence-electron chi connectivity index (χ1n) is 7.65. The van der Waals surface area contributed by atoms with Crippen LogP contribution in [0.5, 0.6) is 0 Å². The van der Waals surface area contributed by atoms with Crippen molar-refractivity contribution in [3.05, 3.63) is 11.1 Å². The van der Waals surface area contributed by atoms with E-state index in [0.29, 0.717) is 29.2 Å². The number of ketones is 1. The van der Waals surface area contributed by atoms with Crippen molar-refractivity contribution in [2.45, 2.75) is 39.5 Å². The first kappa shape index (κ1) is 13.4. The number of carbonyl (C=O) groups is 1. The summed E-state index contributed by atoms with van der Waals surface area (Å²) in [6.07, 6.45) is 4.33. The van der Waals surface area contributed by atoms with E-state index < -0.39 is 0 Å². The molecular weight excluding hydrogens is 248 g/mol. The second-order valence-corrected chi connectivity index (χ2v) is 7.08. The molecule has 0 aromatic heterocycles. The van der Waals surface area contributed by atoms with E-state index in [2.05, 4.69) is 13.8 Å². The lowest BCUT2D eigenvalue weighted by atomic mass is 9.60. The Balaban J connectivity index is 2.10. The number of Topliss-reactive ketones (excluding diaryl/α,β-unsaturated/α-hetero) is 1. The van der Waals surface area contributed by atoms with Crippen LogP contribution in [0.1, 0.15) is 39.5 Å². The molecule has 3 saturated carbocycles. The lowest BCUT2D eigenvalue weighted by Crippen LogP contribution is -2.38. The molecule has 0 aromatic carbocycles. The normalized spacial score (nSPS) is 42.6. The van der Waals surface area contributed by atoms with E-state index in [4.69, 9.17) is 0 Å². The van der Waals surface area contributed by atoms with Crippen LogP contribution >= 0.6 is 0 Å². The SMILES string of the molecule is CC1CC2CC(C)CC3C(=C(C#N)C#N)C(=O)C(C1)C23. The molecule has 0 aromatic rings. The van der Waals surface area contributed by atoms with Gasteiger partial charge in [0.15, 0.2) is 5.78 Å². The predicted molar refractivity (Wildman–Crippen MR) is 74.0 cm³/mol. The molecular formula is C17H20N2O. The minimum Gasteiger partial charge on any atom is -0.294 e. The van der Waals surface area contributed by atoms with Gasteiger partial charge in [0.25, 0.3) is 0 Å². The average Bonchev–Trinajstić information content (AvgIpc) is 2.66. The van der Waals surface area contributed by atoms with Gasteiger partial charge in [-0.15, -0.1) is 0 Å². The van der Waals surface area contributed by atoms with Gasteiger partial charge in [-0.1, -0.05) is 13.8 Å². The molecule has 0 spiro atoms. The standard InChI is InChI=1S/C17H20N2O/c1-9-3-11-4-10(2)6-14-15(11)13(5-9)16(17(14)20)12(7-18)8-19/h9-11,13-15H,3-6H2,1-2H3. The highest BCUT2D eigenvalue weighted by molar-refractivity contribution is 6.02. The summed E-state index contributed by atoms with van der Waals surface area (Å²) >= 11 is 0. The zero-order valence-corrected chi connectivity index (χ0v) is 12.1. The van der Waals surface area contributed by atoms with Crippen LogP contribution in [0, 0.1) is 58.2 Å². The van der Waals surface area contributed by atoms with Crippen molar-refractivity contribution in [3.63, 3.8) is 0 Å². The van der Waals surface area contributed by atoms with E-state index in [9.17, 15) is 15.3 Å². The number of carbonyl (C=O) groups excluding carboxylic acids is 1. The quantitative estimate of drug-likeness (QED) is 0.500. The van der Waals surface area contributed by atoms with Gasteiger partial charge in [0.1, 0.15) is 17.7 Å². The van der Waals surface area contributed by atoms with Crippen LogP contribution in [0.2, 0.25) is 0 Å². The lowest BCUT2D eigenvalue weighted by molar-refractivity contribution is -0.120. The number of hydrogen-bond donors (Lipinski definition) is 0. The molecule has 3 aliphatic rings. The van der Waals surface area contributed by atoms with Gasteiger partial charge in [-0.2, -0.15) is 10.5 Å². The fourth-order valence-electron chi connectivity index (χ4n) is 5.18. The van der Waals surface area contributed by atoms with E-state index >= 15 is 0 Å². The van der Waals surface area contributed by atoms with Crippen LogP contribution in [-0.4, -0.2) is 5.78 Å². The molecule has 0 saturated heterocycles. The van der Waals surface area contributed by atoms with E-state index in [1.165, 1.54) is 12.8 Å². The number of allylic oxidation sites excluding steroid dienone is 2. The van der Waals surface area contributed by atoms with Crippen molar-refractivity contribution >= 4 is 5.78 Å². The molecule has 3 rings (SSSR count). The Morgan fingerprint density at radius 3 is 2.10 bits per heavy atom. The van der Waals surface area contributed by atoms with Gasteiger partial charge < -0.3 is 0 Å². The van der Waals surface area contributed by atoms with Crippen LogP contribution in [0.25, 0.3) is 0 Å². The zero-order chi connectivity index (χ0) is 14.4. The van der Waals surface area contributed by atoms with Gasteiger partial charge in [0.2, 0.25) is 0 Å². The Morgan fingerprint density at radius 1 is 1.00 bits per heavy atom. The fourth-order valence-corrected chi connectivity index (χ4v) is 5.18. The van der Waals surface area contributed by atoms with E-state index in [-0.39, 0.29) is 23.2 Å². The first-order valence-corrected chi connectivity index (χ1v) is 7.65. The van der Waals surface area contributed by atoms with Crippen LogP contribution in [0.3, 0.4) is 0 Å². The maximum atomic E-state index is 12.7. The van der Waals surface area contributed by atoms with Crippen LogP contribution in [-0.2, 0) is 4.79 Å². The van der Waals surface area contributed by atoms with Gasteiger partial charge in [-0.05, 0) is 55.3 Å². The maximum Gasteiger partial charge on any atom is 0.164 e. The zero-order valence-electron chi connectivity index (χ0n) is 12.1. The third-order valence-electron chi connectivity index (χ3n) is 5.66. The summed E-state index contributed by atoms with van der Waals surface area (Å²) in [4.78, 5) is 12.7. The molecule has 3 heteroatoms. The summed E-state index contributed by atoms with van der Waals surface area (Å²) in [5.41, 5.74) is 0.658. The molecule has 3 nitrogen and oxygen atoms in total. The predicted octanol–water partition coefficient (Wildman–Crippen LogP) is 3.24. The average molecular weight is 268 g/mol. The molecule has 6 atom stereocenters. The molecule has 20 heavy (non-hydrogen) atoms. The monoisotopic (exact) mass is 268 g/mol. The summed E-state index contributed by atoms with van der Waals surface area (Å²) in [6, 6.07) is 3.92. The highest BCUT2D eigenvalue weighted by atomic mass is 16.1. The maximum absolute atomic E-state index is 12.7. The van der Waals surface area contributed by atoms with E-state index in [1.54, 1.807) is 0 Å². The summed E-state index contributed by atoms with van der Waals surface area (Å²) in [5, 5.41) is 18.3. The number of hydrogen-bond acceptors (Lipinski definition) is 3. The summed E-state index contributed by atoms with van der Waals surface area (Å²) < 4.78 is 0. The Hall–Kier alpha value is -1.61. The minimum atomic E-state index is 0.0768. The van der Waals surface area contributed by atoms with Gasteiger partial charge in [-0.3, -0.25) is 4.79 Å². The van der Waals surface area contributed by atoms with Crippen molar-refractivity contribution < 1.29 is 4.79 Å². The number of nitriles is 2. The molecule has 0 radical (unpaired) electrons. The first-order chi connectivity index (χ1) is 9.56. The summed E-state index contributed by atoms with van der Waals surface area (Å²) in [7, 11) is 0. The van der Waals surface area contributed by atoms with Crippen molar-refractivity contribution in [2.75, 3.05) is 0 Å². The number of nitrogens with zero attached hydrogens (tertiary/aromatic N) is 2. The van der Waals surface area contributed by atoms with Crippen molar-refractivity contribution in [2.24, 2.45) is 35.5 Å². The molecule has 0 N–H and O–H groups in total. The largest absolute Gasteiger partial charge is 0.294 e. The summed E-state index contributed by atoms with van der Waals surface area (Å²) in [6.45, 7) is 4.47. The Bertz CT molecular complexity index is 545. The smallest absolute Gasteiger partial charge is 0.164 e. The molecule has 0 bridgehead atoms. The minimum absolute atomic E-state index is 0.0768. The Morgan fingerprint density at radius 2 is 1.55 bits per heavy atom. The van der Waals surface area contributed by atoms with Crippen molar-refractivity contribution in [3.8, 4) is 12.1 Å². The Labute approximate surface area is 120 Å². The molecule has 0 aliphatic heterocycles. The molecule has 104 valence electrons. The van der Waals surface area contributed by atoms with Crippen molar-refractivity contribution in [1.82, 2.24) is 0 Å². The van der Waals surface area contributed by atoms with Crippen LogP contribution < -0.4 is 0 Å².